The number of aliphatic imine (C=N–C) groups is 1. The second-order valence-electron chi connectivity index (χ2n) is 9.86. The number of hydrogen-bond donors (Lipinski definition) is 0. The maximum atomic E-state index is 14.2. The lowest BCUT2D eigenvalue weighted by molar-refractivity contribution is -0.121. The highest BCUT2D eigenvalue weighted by Crippen LogP contribution is 2.30. The number of rotatable bonds is 8. The van der Waals surface area contributed by atoms with Crippen LogP contribution in [-0.2, 0) is 22.7 Å². The predicted molar refractivity (Wildman–Crippen MR) is 161 cm³/mol. The van der Waals surface area contributed by atoms with Gasteiger partial charge in [0.05, 0.1) is 31.2 Å². The molecule has 0 radical (unpaired) electrons. The summed E-state index contributed by atoms with van der Waals surface area (Å²) < 4.78 is 6.08. The number of hydrogen-bond acceptors (Lipinski definition) is 3. The van der Waals surface area contributed by atoms with Crippen LogP contribution in [0.25, 0.3) is 11.1 Å². The average molecular weight is 523 g/mol. The minimum Gasteiger partial charge on any atom is -0.374 e. The Bertz CT molecular complexity index is 1600. The lowest BCUT2D eigenvalue weighted by Crippen LogP contribution is -2.39. The number of carbonyl (C=O) groups is 1. The fourth-order valence-electron chi connectivity index (χ4n) is 5.06. The van der Waals surface area contributed by atoms with Crippen LogP contribution in [0.3, 0.4) is 0 Å². The van der Waals surface area contributed by atoms with Crippen LogP contribution in [0.1, 0.15) is 22.3 Å². The van der Waals surface area contributed by atoms with E-state index in [1.54, 1.807) is 0 Å². The molecule has 6 rings (SSSR count). The highest BCUT2D eigenvalue weighted by Gasteiger charge is 2.32. The van der Waals surface area contributed by atoms with Gasteiger partial charge in [-0.25, -0.2) is 0 Å². The van der Waals surface area contributed by atoms with Crippen LogP contribution in [-0.4, -0.2) is 24.3 Å². The van der Waals surface area contributed by atoms with Crippen LogP contribution in [0.2, 0.25) is 0 Å². The van der Waals surface area contributed by atoms with E-state index >= 15 is 0 Å². The Morgan fingerprint density at radius 3 is 1.88 bits per heavy atom. The van der Waals surface area contributed by atoms with Gasteiger partial charge in [-0.15, -0.1) is 0 Å². The molecule has 0 bridgehead atoms. The zero-order valence-corrected chi connectivity index (χ0v) is 22.2. The van der Waals surface area contributed by atoms with Gasteiger partial charge in [-0.1, -0.05) is 133 Å². The number of nitrogens with zero attached hydrogens (tertiary/aromatic N) is 2. The first-order valence-corrected chi connectivity index (χ1v) is 13.6. The third-order valence-corrected chi connectivity index (χ3v) is 7.12. The van der Waals surface area contributed by atoms with Gasteiger partial charge in [0.1, 0.15) is 0 Å². The van der Waals surface area contributed by atoms with E-state index in [-0.39, 0.29) is 12.5 Å². The van der Waals surface area contributed by atoms with Crippen LogP contribution in [0.5, 0.6) is 0 Å². The van der Waals surface area contributed by atoms with Crippen molar-refractivity contribution < 1.29 is 9.53 Å². The summed E-state index contributed by atoms with van der Waals surface area (Å²) in [6.07, 6.45) is 0. The lowest BCUT2D eigenvalue weighted by Gasteiger charge is -2.25. The number of benzodiazepines with no additional fused rings is 1. The number of carbonyl (C=O) groups excluding carboxylic acids is 1. The highest BCUT2D eigenvalue weighted by atomic mass is 16.5. The Morgan fingerprint density at radius 2 is 1.18 bits per heavy atom. The molecule has 1 amide bonds. The van der Waals surface area contributed by atoms with Crippen molar-refractivity contribution in [1.82, 2.24) is 0 Å². The first kappa shape index (κ1) is 25.5. The second-order valence-corrected chi connectivity index (χ2v) is 9.86. The standard InChI is InChI=1S/C36H30N2O2/c39-36-33(26-40-25-28-12-4-1-5-13-28)37-35(31-16-8-3-9-17-31)32-18-10-11-19-34(32)38(36)24-27-20-22-30(23-21-27)29-14-6-2-7-15-29/h1-23,33H,24-26H2/t33-/m0/s1. The Labute approximate surface area is 235 Å². The molecule has 4 heteroatoms. The van der Waals surface area contributed by atoms with E-state index in [1.807, 2.05) is 108 Å². The molecule has 0 N–H and O–H groups in total. The first-order chi connectivity index (χ1) is 19.8. The van der Waals surface area contributed by atoms with Gasteiger partial charge in [-0.05, 0) is 28.3 Å². The Balaban J connectivity index is 1.33. The van der Waals surface area contributed by atoms with Gasteiger partial charge in [-0.2, -0.15) is 0 Å². The zero-order valence-electron chi connectivity index (χ0n) is 22.2. The van der Waals surface area contributed by atoms with Crippen LogP contribution in [0.4, 0.5) is 5.69 Å². The fraction of sp³-hybridized carbons (Fsp3) is 0.111. The van der Waals surface area contributed by atoms with Crippen molar-refractivity contribution in [1.29, 1.82) is 0 Å². The van der Waals surface area contributed by atoms with Crippen LogP contribution >= 0.6 is 0 Å². The SMILES string of the molecule is O=C1[C@H](COCc2ccccc2)N=C(c2ccccc2)c2ccccc2N1Cc1ccc(-c2ccccc2)cc1. The van der Waals surface area contributed by atoms with Crippen molar-refractivity contribution in [3.63, 3.8) is 0 Å². The topological polar surface area (TPSA) is 41.9 Å². The van der Waals surface area contributed by atoms with Crippen molar-refractivity contribution in [2.75, 3.05) is 11.5 Å². The van der Waals surface area contributed by atoms with Gasteiger partial charge in [0.25, 0.3) is 5.91 Å². The van der Waals surface area contributed by atoms with Gasteiger partial charge >= 0.3 is 0 Å². The normalized spacial score (nSPS) is 14.8. The molecule has 1 atom stereocenters. The molecule has 40 heavy (non-hydrogen) atoms. The molecule has 0 unspecified atom stereocenters. The minimum atomic E-state index is -0.671. The molecule has 0 fully saturated rings. The van der Waals surface area contributed by atoms with Gasteiger partial charge in [0, 0.05) is 11.1 Å². The van der Waals surface area contributed by atoms with Crippen LogP contribution < -0.4 is 4.90 Å². The molecule has 1 heterocycles. The molecular weight excluding hydrogens is 492 g/mol. The molecule has 196 valence electrons. The molecule has 5 aromatic carbocycles. The molecule has 1 aliphatic rings. The molecule has 0 aromatic heterocycles. The Hall–Kier alpha value is -4.80. The Morgan fingerprint density at radius 1 is 0.600 bits per heavy atom. The third-order valence-electron chi connectivity index (χ3n) is 7.12. The van der Waals surface area contributed by atoms with E-state index in [0.29, 0.717) is 13.2 Å². The minimum absolute atomic E-state index is 0.0708. The summed E-state index contributed by atoms with van der Waals surface area (Å²) in [5.74, 6) is -0.0708. The number of ether oxygens (including phenoxy) is 1. The van der Waals surface area contributed by atoms with Crippen molar-refractivity contribution in [3.05, 3.63) is 162 Å². The van der Waals surface area contributed by atoms with E-state index in [4.69, 9.17) is 9.73 Å². The largest absolute Gasteiger partial charge is 0.374 e. The van der Waals surface area contributed by atoms with Gasteiger partial charge < -0.3 is 9.64 Å². The van der Waals surface area contributed by atoms with E-state index < -0.39 is 6.04 Å². The molecule has 0 aliphatic carbocycles. The van der Waals surface area contributed by atoms with E-state index in [1.165, 1.54) is 5.56 Å². The summed E-state index contributed by atoms with van der Waals surface area (Å²) in [5.41, 5.74) is 8.01. The summed E-state index contributed by atoms with van der Waals surface area (Å²) in [7, 11) is 0. The van der Waals surface area contributed by atoms with Gasteiger partial charge in [-0.3, -0.25) is 9.79 Å². The molecule has 0 spiro atoms. The van der Waals surface area contributed by atoms with Crippen molar-refractivity contribution in [2.24, 2.45) is 4.99 Å². The number of anilines is 1. The number of benzene rings is 5. The number of amides is 1. The third kappa shape index (κ3) is 5.63. The molecule has 4 nitrogen and oxygen atoms in total. The first-order valence-electron chi connectivity index (χ1n) is 13.6. The summed E-state index contributed by atoms with van der Waals surface area (Å²) in [6, 6.07) is 46.2. The predicted octanol–water partition coefficient (Wildman–Crippen LogP) is 7.32. The summed E-state index contributed by atoms with van der Waals surface area (Å²) in [6.45, 7) is 1.06. The maximum Gasteiger partial charge on any atom is 0.254 e. The van der Waals surface area contributed by atoms with E-state index in [0.717, 1.165) is 39.2 Å². The monoisotopic (exact) mass is 522 g/mol. The van der Waals surface area contributed by atoms with Gasteiger partial charge in [0.2, 0.25) is 0 Å². The molecule has 0 saturated carbocycles. The quantitative estimate of drug-likeness (QED) is 0.214. The average Bonchev–Trinajstić information content (AvgIpc) is 3.13. The summed E-state index contributed by atoms with van der Waals surface area (Å²) in [5, 5.41) is 0. The maximum absolute atomic E-state index is 14.2. The van der Waals surface area contributed by atoms with Crippen molar-refractivity contribution in [3.8, 4) is 11.1 Å². The molecule has 5 aromatic rings. The number of fused-ring (bicyclic) bond motifs is 1. The van der Waals surface area contributed by atoms with E-state index in [9.17, 15) is 4.79 Å². The smallest absolute Gasteiger partial charge is 0.254 e. The highest BCUT2D eigenvalue weighted by molar-refractivity contribution is 6.20. The van der Waals surface area contributed by atoms with Gasteiger partial charge in [0.15, 0.2) is 6.04 Å². The van der Waals surface area contributed by atoms with Crippen LogP contribution in [0, 0.1) is 0 Å². The van der Waals surface area contributed by atoms with Crippen molar-refractivity contribution in [2.45, 2.75) is 19.2 Å². The summed E-state index contributed by atoms with van der Waals surface area (Å²) in [4.78, 5) is 21.1. The summed E-state index contributed by atoms with van der Waals surface area (Å²) >= 11 is 0. The number of para-hydroxylation sites is 1. The lowest BCUT2D eigenvalue weighted by atomic mass is 10.00. The van der Waals surface area contributed by atoms with Crippen molar-refractivity contribution >= 4 is 17.3 Å². The van der Waals surface area contributed by atoms with Crippen LogP contribution in [0.15, 0.2) is 145 Å². The fourth-order valence-corrected chi connectivity index (χ4v) is 5.06. The molecule has 0 saturated heterocycles. The second kappa shape index (κ2) is 11.9. The zero-order chi connectivity index (χ0) is 27.1. The Kier molecular flexibility index (Phi) is 7.60. The molecular formula is C36H30N2O2. The molecule has 1 aliphatic heterocycles. The van der Waals surface area contributed by atoms with E-state index in [2.05, 4.69) is 36.4 Å².